The number of carbonyl (C=O) groups is 1. The first-order chi connectivity index (χ1) is 17.7. The number of hydrogen-bond donors (Lipinski definition) is 1. The van der Waals surface area contributed by atoms with Crippen LogP contribution in [0, 0.1) is 0 Å². The van der Waals surface area contributed by atoms with E-state index < -0.39 is 0 Å². The largest absolute Gasteiger partial charge is 0.465 e. The normalized spacial score (nSPS) is 13.6. The van der Waals surface area contributed by atoms with E-state index in [4.69, 9.17) is 4.74 Å². The molecule has 3 aromatic rings. The van der Waals surface area contributed by atoms with E-state index in [9.17, 15) is 4.79 Å². The van der Waals surface area contributed by atoms with Crippen molar-refractivity contribution in [1.82, 2.24) is 0 Å². The number of carbonyl (C=O) groups excluding carboxylic acids is 1. The summed E-state index contributed by atoms with van der Waals surface area (Å²) in [6.07, 6.45) is 4.96. The zero-order valence-corrected chi connectivity index (χ0v) is 23.7. The number of rotatable bonds is 16. The molecule has 0 saturated carbocycles. The second kappa shape index (κ2) is 16.8. The molecule has 0 bridgehead atoms. The summed E-state index contributed by atoms with van der Waals surface area (Å²) >= 11 is 8.58. The summed E-state index contributed by atoms with van der Waals surface area (Å²) in [5.41, 5.74) is 4.18. The first kappa shape index (κ1) is 28.7. The molecule has 0 fully saturated rings. The molecular weight excluding hydrogens is 501 g/mol. The first-order valence-electron chi connectivity index (χ1n) is 12.9. The molecule has 0 saturated heterocycles. The van der Waals surface area contributed by atoms with Gasteiger partial charge in [-0.1, -0.05) is 97.4 Å². The predicted molar refractivity (Wildman–Crippen MR) is 161 cm³/mol. The minimum absolute atomic E-state index is 0.206. The standard InChI is InChI=1S/C31H38O2S3/c1-2-33-31(32)28(34)19-12-20-29(26-15-8-4-9-16-26)36-24-22-30(27-17-10-5-11-18-27)35-23-21-25-13-6-3-7-14-25/h3-11,13-18,28-30,34H,2,12,19-24H2,1H3. The molecule has 0 aliphatic carbocycles. The SMILES string of the molecule is CCOC(=O)C(S)CCCC(SCCC(SCCc1ccccc1)c1ccccc1)c1ccccc1. The minimum atomic E-state index is -0.338. The van der Waals surface area contributed by atoms with Crippen LogP contribution in [0.5, 0.6) is 0 Å². The number of thiol groups is 1. The Bertz CT molecular complexity index is 982. The van der Waals surface area contributed by atoms with Crippen molar-refractivity contribution in [2.45, 2.75) is 54.8 Å². The molecule has 0 heterocycles. The van der Waals surface area contributed by atoms with Gasteiger partial charge in [-0.2, -0.15) is 36.2 Å². The van der Waals surface area contributed by atoms with Gasteiger partial charge in [0.15, 0.2) is 0 Å². The van der Waals surface area contributed by atoms with Gasteiger partial charge in [0.2, 0.25) is 0 Å². The van der Waals surface area contributed by atoms with Crippen LogP contribution in [0.4, 0.5) is 0 Å². The van der Waals surface area contributed by atoms with Crippen LogP contribution in [0.1, 0.15) is 59.8 Å². The highest BCUT2D eigenvalue weighted by molar-refractivity contribution is 8.00. The second-order valence-electron chi connectivity index (χ2n) is 8.76. The molecule has 3 rings (SSSR count). The van der Waals surface area contributed by atoms with Gasteiger partial charge >= 0.3 is 5.97 Å². The van der Waals surface area contributed by atoms with Gasteiger partial charge in [0.25, 0.3) is 0 Å². The third-order valence-electron chi connectivity index (χ3n) is 6.10. The Labute approximate surface area is 231 Å². The molecular formula is C31H38O2S3. The average Bonchev–Trinajstić information content (AvgIpc) is 2.93. The van der Waals surface area contributed by atoms with E-state index in [2.05, 4.69) is 115 Å². The van der Waals surface area contributed by atoms with Gasteiger partial charge in [-0.15, -0.1) is 0 Å². The molecule has 0 aliphatic rings. The number of aryl methyl sites for hydroxylation is 1. The Kier molecular flexibility index (Phi) is 13.4. The number of benzene rings is 3. The van der Waals surface area contributed by atoms with Crippen LogP contribution in [-0.2, 0) is 16.0 Å². The van der Waals surface area contributed by atoms with Crippen LogP contribution < -0.4 is 0 Å². The molecule has 0 aromatic heterocycles. The number of hydrogen-bond acceptors (Lipinski definition) is 5. The Morgan fingerprint density at radius 3 is 1.86 bits per heavy atom. The maximum absolute atomic E-state index is 11.9. The Morgan fingerprint density at radius 1 is 0.750 bits per heavy atom. The molecule has 0 spiro atoms. The highest BCUT2D eigenvalue weighted by Gasteiger charge is 2.19. The molecule has 3 atom stereocenters. The van der Waals surface area contributed by atoms with Gasteiger partial charge in [0, 0.05) is 10.5 Å². The predicted octanol–water partition coefficient (Wildman–Crippen LogP) is 8.60. The quantitative estimate of drug-likeness (QED) is 0.146. The summed E-state index contributed by atoms with van der Waals surface area (Å²) in [6, 6.07) is 32.5. The van der Waals surface area contributed by atoms with Crippen molar-refractivity contribution in [3.8, 4) is 0 Å². The average molecular weight is 539 g/mol. The number of ether oxygens (including phenoxy) is 1. The molecule has 0 aliphatic heterocycles. The molecule has 0 radical (unpaired) electrons. The van der Waals surface area contributed by atoms with E-state index in [1.54, 1.807) is 0 Å². The van der Waals surface area contributed by atoms with Crippen LogP contribution in [0.15, 0.2) is 91.0 Å². The van der Waals surface area contributed by atoms with Gasteiger partial charge < -0.3 is 4.74 Å². The van der Waals surface area contributed by atoms with Gasteiger partial charge in [0.1, 0.15) is 0 Å². The molecule has 5 heteroatoms. The van der Waals surface area contributed by atoms with Crippen molar-refractivity contribution in [2.24, 2.45) is 0 Å². The second-order valence-corrected chi connectivity index (χ2v) is 12.0. The van der Waals surface area contributed by atoms with Crippen molar-refractivity contribution in [3.05, 3.63) is 108 Å². The van der Waals surface area contributed by atoms with Gasteiger partial charge in [-0.05, 0) is 60.8 Å². The monoisotopic (exact) mass is 538 g/mol. The van der Waals surface area contributed by atoms with Crippen LogP contribution in [-0.4, -0.2) is 29.3 Å². The summed E-state index contributed by atoms with van der Waals surface area (Å²) in [7, 11) is 0. The third-order valence-corrected chi connectivity index (χ3v) is 9.30. The summed E-state index contributed by atoms with van der Waals surface area (Å²) in [6.45, 7) is 2.24. The van der Waals surface area contributed by atoms with Crippen LogP contribution in [0.3, 0.4) is 0 Å². The maximum atomic E-state index is 11.9. The lowest BCUT2D eigenvalue weighted by molar-refractivity contribution is -0.142. The van der Waals surface area contributed by atoms with Crippen LogP contribution >= 0.6 is 36.2 Å². The number of esters is 1. The van der Waals surface area contributed by atoms with Gasteiger partial charge in [-0.25, -0.2) is 0 Å². The minimum Gasteiger partial charge on any atom is -0.465 e. The van der Waals surface area contributed by atoms with Gasteiger partial charge in [0.05, 0.1) is 11.9 Å². The first-order valence-corrected chi connectivity index (χ1v) is 15.5. The molecule has 0 N–H and O–H groups in total. The van der Waals surface area contributed by atoms with E-state index in [0.29, 0.717) is 17.1 Å². The van der Waals surface area contributed by atoms with E-state index >= 15 is 0 Å². The van der Waals surface area contributed by atoms with Crippen molar-refractivity contribution in [1.29, 1.82) is 0 Å². The zero-order valence-electron chi connectivity index (χ0n) is 21.1. The lowest BCUT2D eigenvalue weighted by Crippen LogP contribution is -2.18. The van der Waals surface area contributed by atoms with Crippen LogP contribution in [0.25, 0.3) is 0 Å². The van der Waals surface area contributed by atoms with Crippen LogP contribution in [0.2, 0.25) is 0 Å². The molecule has 3 unspecified atom stereocenters. The molecule has 36 heavy (non-hydrogen) atoms. The van der Waals surface area contributed by atoms with E-state index in [-0.39, 0.29) is 11.2 Å². The Hall–Kier alpha value is -1.82. The fourth-order valence-corrected chi connectivity index (χ4v) is 7.18. The highest BCUT2D eigenvalue weighted by atomic mass is 32.2. The van der Waals surface area contributed by atoms with Crippen molar-refractivity contribution in [2.75, 3.05) is 18.1 Å². The lowest BCUT2D eigenvalue weighted by Gasteiger charge is -2.21. The Balaban J connectivity index is 1.55. The van der Waals surface area contributed by atoms with E-state index in [0.717, 1.165) is 43.6 Å². The lowest BCUT2D eigenvalue weighted by atomic mass is 10.1. The Morgan fingerprint density at radius 2 is 1.28 bits per heavy atom. The molecule has 2 nitrogen and oxygen atoms in total. The smallest absolute Gasteiger partial charge is 0.318 e. The van der Waals surface area contributed by atoms with Crippen molar-refractivity contribution < 1.29 is 9.53 Å². The molecule has 192 valence electrons. The third kappa shape index (κ3) is 10.3. The summed E-state index contributed by atoms with van der Waals surface area (Å²) in [4.78, 5) is 11.9. The van der Waals surface area contributed by atoms with E-state index in [1.165, 1.54) is 16.7 Å². The maximum Gasteiger partial charge on any atom is 0.318 e. The number of thioether (sulfide) groups is 2. The highest BCUT2D eigenvalue weighted by Crippen LogP contribution is 2.39. The fourth-order valence-electron chi connectivity index (χ4n) is 4.16. The van der Waals surface area contributed by atoms with E-state index in [1.807, 2.05) is 18.7 Å². The van der Waals surface area contributed by atoms with Crippen molar-refractivity contribution >= 4 is 42.1 Å². The fraction of sp³-hybridized carbons (Fsp3) is 0.387. The van der Waals surface area contributed by atoms with Crippen molar-refractivity contribution in [3.63, 3.8) is 0 Å². The molecule has 0 amide bonds. The summed E-state index contributed by atoms with van der Waals surface area (Å²) in [5.74, 6) is 2.01. The van der Waals surface area contributed by atoms with Gasteiger partial charge in [-0.3, -0.25) is 4.79 Å². The zero-order chi connectivity index (χ0) is 25.4. The molecule has 3 aromatic carbocycles. The topological polar surface area (TPSA) is 26.3 Å². The summed E-state index contributed by atoms with van der Waals surface area (Å²) < 4.78 is 5.12. The summed E-state index contributed by atoms with van der Waals surface area (Å²) in [5, 5.41) is 0.569.